The number of rotatable bonds is 6. The molecule has 0 aliphatic heterocycles. The molecule has 128 valence electrons. The zero-order valence-corrected chi connectivity index (χ0v) is 13.4. The molecule has 0 spiro atoms. The first kappa shape index (κ1) is 16.7. The summed E-state index contributed by atoms with van der Waals surface area (Å²) in [6.45, 7) is 0.0720. The topological polar surface area (TPSA) is 85.3 Å². The highest BCUT2D eigenvalue weighted by Gasteiger charge is 2.19. The van der Waals surface area contributed by atoms with Gasteiger partial charge in [0, 0.05) is 11.9 Å². The van der Waals surface area contributed by atoms with Crippen LogP contribution >= 0.6 is 0 Å². The van der Waals surface area contributed by atoms with Crippen LogP contribution in [-0.2, 0) is 11.2 Å². The van der Waals surface area contributed by atoms with E-state index in [1.807, 2.05) is 18.2 Å². The van der Waals surface area contributed by atoms with E-state index in [1.54, 1.807) is 24.3 Å². The fourth-order valence-corrected chi connectivity index (χ4v) is 2.58. The summed E-state index contributed by atoms with van der Waals surface area (Å²) in [7, 11) is 0. The molecule has 0 radical (unpaired) electrons. The van der Waals surface area contributed by atoms with Crippen LogP contribution < -0.4 is 11.1 Å². The van der Waals surface area contributed by atoms with Gasteiger partial charge >= 0.3 is 0 Å². The minimum Gasteiger partial charge on any atom is -0.451 e. The summed E-state index contributed by atoms with van der Waals surface area (Å²) in [5.41, 5.74) is 6.80. The van der Waals surface area contributed by atoms with Gasteiger partial charge in [0.05, 0.1) is 5.92 Å². The molecular formula is C19H17FN2O3. The molecule has 3 rings (SSSR count). The van der Waals surface area contributed by atoms with Gasteiger partial charge in [0.1, 0.15) is 11.4 Å². The third-order valence-corrected chi connectivity index (χ3v) is 3.96. The third kappa shape index (κ3) is 4.03. The quantitative estimate of drug-likeness (QED) is 0.723. The van der Waals surface area contributed by atoms with Gasteiger partial charge in [-0.15, -0.1) is 0 Å². The summed E-state index contributed by atoms with van der Waals surface area (Å²) in [5.74, 6) is -1.72. The van der Waals surface area contributed by atoms with Gasteiger partial charge in [-0.3, -0.25) is 9.59 Å². The van der Waals surface area contributed by atoms with Gasteiger partial charge in [0.25, 0.3) is 5.91 Å². The molecule has 25 heavy (non-hydrogen) atoms. The second-order valence-corrected chi connectivity index (χ2v) is 5.79. The molecule has 3 aromatic rings. The zero-order valence-electron chi connectivity index (χ0n) is 13.4. The lowest BCUT2D eigenvalue weighted by molar-refractivity contribution is -0.121. The number of halogens is 1. The molecule has 0 aliphatic carbocycles. The summed E-state index contributed by atoms with van der Waals surface area (Å²) >= 11 is 0. The lowest BCUT2D eigenvalue weighted by Crippen LogP contribution is -2.37. The van der Waals surface area contributed by atoms with Crippen molar-refractivity contribution in [3.05, 3.63) is 71.7 Å². The van der Waals surface area contributed by atoms with Crippen LogP contribution in [0.3, 0.4) is 0 Å². The van der Waals surface area contributed by atoms with Crippen molar-refractivity contribution in [3.8, 4) is 0 Å². The van der Waals surface area contributed by atoms with Crippen LogP contribution in [0.4, 0.5) is 4.39 Å². The monoisotopic (exact) mass is 340 g/mol. The van der Waals surface area contributed by atoms with Crippen molar-refractivity contribution < 1.29 is 18.4 Å². The van der Waals surface area contributed by atoms with Crippen molar-refractivity contribution in [2.75, 3.05) is 6.54 Å². The van der Waals surface area contributed by atoms with E-state index in [9.17, 15) is 14.0 Å². The third-order valence-electron chi connectivity index (χ3n) is 3.96. The van der Waals surface area contributed by atoms with Crippen LogP contribution in [0, 0.1) is 11.7 Å². The van der Waals surface area contributed by atoms with Crippen molar-refractivity contribution in [2.24, 2.45) is 11.7 Å². The molecule has 0 unspecified atom stereocenters. The second kappa shape index (κ2) is 7.17. The number of carbonyl (C=O) groups is 2. The maximum atomic E-state index is 13.0. The van der Waals surface area contributed by atoms with E-state index in [0.29, 0.717) is 12.0 Å². The van der Waals surface area contributed by atoms with Gasteiger partial charge in [-0.2, -0.15) is 0 Å². The smallest absolute Gasteiger partial charge is 0.287 e. The highest BCUT2D eigenvalue weighted by molar-refractivity contribution is 5.96. The Morgan fingerprint density at radius 3 is 2.52 bits per heavy atom. The number of amides is 2. The van der Waals surface area contributed by atoms with Gasteiger partial charge in [0.2, 0.25) is 5.91 Å². The number of para-hydroxylation sites is 1. The van der Waals surface area contributed by atoms with Crippen LogP contribution in [0.1, 0.15) is 16.1 Å². The van der Waals surface area contributed by atoms with Crippen molar-refractivity contribution >= 4 is 22.8 Å². The van der Waals surface area contributed by atoms with E-state index in [1.165, 1.54) is 12.1 Å². The maximum Gasteiger partial charge on any atom is 0.287 e. The summed E-state index contributed by atoms with van der Waals surface area (Å²) in [6, 6.07) is 14.7. The van der Waals surface area contributed by atoms with Crippen molar-refractivity contribution in [1.29, 1.82) is 0 Å². The Kier molecular flexibility index (Phi) is 4.79. The molecule has 0 saturated carbocycles. The van der Waals surface area contributed by atoms with Crippen molar-refractivity contribution in [1.82, 2.24) is 5.32 Å². The maximum absolute atomic E-state index is 13.0. The number of hydrogen-bond donors (Lipinski definition) is 2. The molecule has 6 heteroatoms. The van der Waals surface area contributed by atoms with E-state index in [-0.39, 0.29) is 18.1 Å². The predicted octanol–water partition coefficient (Wildman–Crippen LogP) is 2.65. The first-order chi connectivity index (χ1) is 12.0. The molecule has 1 atom stereocenters. The number of furan rings is 1. The predicted molar refractivity (Wildman–Crippen MR) is 91.3 cm³/mol. The second-order valence-electron chi connectivity index (χ2n) is 5.79. The number of carbonyl (C=O) groups excluding carboxylic acids is 2. The SMILES string of the molecule is NC(=O)[C@@H](CNC(=O)c1cc2ccccc2o1)Cc1ccc(F)cc1. The molecule has 0 bridgehead atoms. The Labute approximate surface area is 143 Å². The van der Waals surface area contributed by atoms with E-state index in [2.05, 4.69) is 5.32 Å². The molecule has 3 N–H and O–H groups in total. The molecule has 0 fully saturated rings. The molecule has 2 amide bonds. The standard InChI is InChI=1S/C19H17FN2O3/c20-15-7-5-12(6-8-15)9-14(18(21)23)11-22-19(24)17-10-13-3-1-2-4-16(13)25-17/h1-8,10,14H,9,11H2,(H2,21,23)(H,22,24)/t14-/m1/s1. The van der Waals surface area contributed by atoms with Crippen LogP contribution in [0.2, 0.25) is 0 Å². The van der Waals surface area contributed by atoms with Crippen LogP contribution in [0.5, 0.6) is 0 Å². The number of hydrogen-bond acceptors (Lipinski definition) is 3. The Hall–Kier alpha value is -3.15. The van der Waals surface area contributed by atoms with Crippen LogP contribution in [-0.4, -0.2) is 18.4 Å². The lowest BCUT2D eigenvalue weighted by Gasteiger charge is -2.14. The van der Waals surface area contributed by atoms with E-state index >= 15 is 0 Å². The highest BCUT2D eigenvalue weighted by atomic mass is 19.1. The van der Waals surface area contributed by atoms with E-state index in [4.69, 9.17) is 10.2 Å². The minimum absolute atomic E-state index is 0.0720. The van der Waals surface area contributed by atoms with E-state index in [0.717, 1.165) is 10.9 Å². The Balaban J connectivity index is 1.65. The van der Waals surface area contributed by atoms with Crippen molar-refractivity contribution in [3.63, 3.8) is 0 Å². The summed E-state index contributed by atoms with van der Waals surface area (Å²) in [4.78, 5) is 23.9. The normalized spacial score (nSPS) is 12.0. The molecule has 2 aromatic carbocycles. The number of nitrogens with one attached hydrogen (secondary N) is 1. The molecule has 1 heterocycles. The Morgan fingerprint density at radius 2 is 1.84 bits per heavy atom. The number of primary amides is 1. The van der Waals surface area contributed by atoms with Gasteiger partial charge in [0.15, 0.2) is 5.76 Å². The molecule has 0 saturated heterocycles. The summed E-state index contributed by atoms with van der Waals surface area (Å²) < 4.78 is 18.4. The van der Waals surface area contributed by atoms with Gasteiger partial charge < -0.3 is 15.5 Å². The average Bonchev–Trinajstić information content (AvgIpc) is 3.04. The lowest BCUT2D eigenvalue weighted by atomic mass is 9.98. The first-order valence-corrected chi connectivity index (χ1v) is 7.83. The van der Waals surface area contributed by atoms with Gasteiger partial charge in [-0.1, -0.05) is 30.3 Å². The van der Waals surface area contributed by atoms with Crippen LogP contribution in [0.15, 0.2) is 59.0 Å². The minimum atomic E-state index is -0.598. The molecule has 5 nitrogen and oxygen atoms in total. The summed E-state index contributed by atoms with van der Waals surface area (Å²) in [6.07, 6.45) is 0.315. The number of benzene rings is 2. The molecule has 0 aliphatic rings. The average molecular weight is 340 g/mol. The van der Waals surface area contributed by atoms with Crippen LogP contribution in [0.25, 0.3) is 11.0 Å². The Bertz CT molecular complexity index is 869. The zero-order chi connectivity index (χ0) is 17.8. The molecule has 1 aromatic heterocycles. The van der Waals surface area contributed by atoms with Gasteiger partial charge in [-0.05, 0) is 36.2 Å². The number of nitrogens with two attached hydrogens (primary N) is 1. The fraction of sp³-hybridized carbons (Fsp3) is 0.158. The largest absolute Gasteiger partial charge is 0.451 e. The number of fused-ring (bicyclic) bond motifs is 1. The van der Waals surface area contributed by atoms with Crippen molar-refractivity contribution in [2.45, 2.75) is 6.42 Å². The first-order valence-electron chi connectivity index (χ1n) is 7.83. The highest BCUT2D eigenvalue weighted by Crippen LogP contribution is 2.18. The fourth-order valence-electron chi connectivity index (χ4n) is 2.58. The Morgan fingerprint density at radius 1 is 1.12 bits per heavy atom. The summed E-state index contributed by atoms with van der Waals surface area (Å²) in [5, 5.41) is 3.49. The molecular weight excluding hydrogens is 323 g/mol. The van der Waals surface area contributed by atoms with Gasteiger partial charge in [-0.25, -0.2) is 4.39 Å². The van der Waals surface area contributed by atoms with E-state index < -0.39 is 17.7 Å².